The summed E-state index contributed by atoms with van der Waals surface area (Å²) in [5.41, 5.74) is 4.70. The molecule has 1 unspecified atom stereocenters. The minimum Gasteiger partial charge on any atom is -0.478 e. The molecular formula is C25H28N2O5. The molecule has 0 fully saturated rings. The van der Waals surface area contributed by atoms with Crippen molar-refractivity contribution in [3.63, 3.8) is 0 Å². The van der Waals surface area contributed by atoms with E-state index < -0.39 is 12.1 Å². The second-order valence-corrected chi connectivity index (χ2v) is 7.89. The van der Waals surface area contributed by atoms with Gasteiger partial charge in [-0.3, -0.25) is 4.79 Å². The van der Waals surface area contributed by atoms with Gasteiger partial charge in [-0.2, -0.15) is 0 Å². The van der Waals surface area contributed by atoms with Crippen LogP contribution in [0.4, 0.5) is 4.79 Å². The molecule has 0 bridgehead atoms. The predicted molar refractivity (Wildman–Crippen MR) is 121 cm³/mol. The number of carbonyl (C=O) groups excluding carboxylic acids is 2. The Morgan fingerprint density at radius 2 is 1.66 bits per heavy atom. The van der Waals surface area contributed by atoms with E-state index in [4.69, 9.17) is 9.84 Å². The molecular weight excluding hydrogens is 408 g/mol. The first-order valence-corrected chi connectivity index (χ1v) is 10.7. The van der Waals surface area contributed by atoms with Gasteiger partial charge in [-0.1, -0.05) is 61.5 Å². The van der Waals surface area contributed by atoms with Crippen molar-refractivity contribution in [2.24, 2.45) is 5.92 Å². The summed E-state index contributed by atoms with van der Waals surface area (Å²) in [6.45, 7) is 2.77. The largest absolute Gasteiger partial charge is 0.478 e. The van der Waals surface area contributed by atoms with Gasteiger partial charge < -0.3 is 20.5 Å². The van der Waals surface area contributed by atoms with E-state index in [2.05, 4.69) is 34.9 Å². The summed E-state index contributed by atoms with van der Waals surface area (Å²) in [5.74, 6) is -1.13. The van der Waals surface area contributed by atoms with Crippen molar-refractivity contribution in [1.29, 1.82) is 0 Å². The third kappa shape index (κ3) is 6.20. The molecule has 1 aliphatic carbocycles. The molecule has 3 N–H and O–H groups in total. The molecule has 2 aromatic carbocycles. The lowest BCUT2D eigenvalue weighted by Gasteiger charge is -2.15. The van der Waals surface area contributed by atoms with Crippen molar-refractivity contribution in [1.82, 2.24) is 10.6 Å². The normalized spacial score (nSPS) is 13.3. The van der Waals surface area contributed by atoms with Crippen LogP contribution < -0.4 is 10.6 Å². The van der Waals surface area contributed by atoms with Gasteiger partial charge in [0.25, 0.3) is 0 Å². The van der Waals surface area contributed by atoms with Gasteiger partial charge in [0.15, 0.2) is 0 Å². The van der Waals surface area contributed by atoms with Crippen LogP contribution in [0.15, 0.2) is 60.7 Å². The van der Waals surface area contributed by atoms with Gasteiger partial charge in [0.2, 0.25) is 5.91 Å². The summed E-state index contributed by atoms with van der Waals surface area (Å²) < 4.78 is 5.50. The Bertz CT molecular complexity index is 956. The fourth-order valence-corrected chi connectivity index (χ4v) is 3.89. The predicted octanol–water partition coefficient (Wildman–Crippen LogP) is 3.70. The van der Waals surface area contributed by atoms with Crippen LogP contribution in [0.1, 0.15) is 36.8 Å². The summed E-state index contributed by atoms with van der Waals surface area (Å²) >= 11 is 0. The zero-order valence-corrected chi connectivity index (χ0v) is 18.0. The molecule has 0 aliphatic heterocycles. The topological polar surface area (TPSA) is 105 Å². The zero-order chi connectivity index (χ0) is 22.9. The van der Waals surface area contributed by atoms with Gasteiger partial charge >= 0.3 is 12.1 Å². The van der Waals surface area contributed by atoms with E-state index in [9.17, 15) is 14.4 Å². The molecule has 168 valence electrons. The van der Waals surface area contributed by atoms with Crippen LogP contribution in [-0.4, -0.2) is 42.8 Å². The summed E-state index contributed by atoms with van der Waals surface area (Å²) in [7, 11) is 0. The summed E-state index contributed by atoms with van der Waals surface area (Å²) in [6, 6.07) is 16.4. The fraction of sp³-hybridized carbons (Fsp3) is 0.320. The average Bonchev–Trinajstić information content (AvgIpc) is 3.09. The van der Waals surface area contributed by atoms with Gasteiger partial charge in [0.05, 0.1) is 0 Å². The smallest absolute Gasteiger partial charge is 0.407 e. The molecule has 1 aliphatic rings. The number of fused-ring (bicyclic) bond motifs is 3. The van der Waals surface area contributed by atoms with Crippen LogP contribution in [0.25, 0.3) is 11.1 Å². The molecule has 3 rings (SSSR count). The van der Waals surface area contributed by atoms with Crippen LogP contribution in [-0.2, 0) is 14.3 Å². The highest BCUT2D eigenvalue weighted by molar-refractivity contribution is 5.80. The van der Waals surface area contributed by atoms with Crippen molar-refractivity contribution >= 4 is 18.0 Å². The second-order valence-electron chi connectivity index (χ2n) is 7.89. The Labute approximate surface area is 187 Å². The van der Waals surface area contributed by atoms with Crippen molar-refractivity contribution in [3.05, 3.63) is 71.8 Å². The zero-order valence-electron chi connectivity index (χ0n) is 18.0. The maximum absolute atomic E-state index is 12.2. The maximum atomic E-state index is 12.2. The molecule has 7 heteroatoms. The lowest BCUT2D eigenvalue weighted by Crippen LogP contribution is -2.29. The first-order chi connectivity index (χ1) is 15.5. The third-order valence-corrected chi connectivity index (χ3v) is 5.46. The van der Waals surface area contributed by atoms with Crippen molar-refractivity contribution < 1.29 is 24.2 Å². The van der Waals surface area contributed by atoms with Crippen LogP contribution >= 0.6 is 0 Å². The number of carboxylic acids is 1. The Morgan fingerprint density at radius 3 is 2.28 bits per heavy atom. The number of nitrogens with one attached hydrogen (secondary N) is 2. The standard InChI is InChI=1S/C25H28N2O5/c1-17(15-23(28)26-13-6-11-24(29)30)12-14-27-25(31)32-16-22-20-9-4-2-7-18(20)19-8-3-5-10-21(19)22/h2-11,17,22H,12-16H2,1H3,(H,26,28)(H,27,31)(H,29,30)/b11-6+. The average molecular weight is 437 g/mol. The molecule has 0 radical (unpaired) electrons. The summed E-state index contributed by atoms with van der Waals surface area (Å²) in [5, 5.41) is 13.9. The minimum absolute atomic E-state index is 0.0194. The molecule has 2 aromatic rings. The molecule has 0 aromatic heterocycles. The van der Waals surface area contributed by atoms with Crippen LogP contribution in [0.3, 0.4) is 0 Å². The SMILES string of the molecule is CC(CCNC(=O)OCC1c2ccccc2-c2ccccc21)CC(=O)NC/C=C/C(=O)O. The molecule has 0 saturated heterocycles. The van der Waals surface area contributed by atoms with Crippen LogP contribution in [0, 0.1) is 5.92 Å². The first kappa shape index (κ1) is 23.1. The van der Waals surface area contributed by atoms with Gasteiger partial charge in [0, 0.05) is 31.5 Å². The number of amides is 2. The Kier molecular flexibility index (Phi) is 8.02. The number of carboxylic acid groups (broad SMARTS) is 1. The molecule has 32 heavy (non-hydrogen) atoms. The van der Waals surface area contributed by atoms with Crippen molar-refractivity contribution in [2.45, 2.75) is 25.7 Å². The number of benzene rings is 2. The van der Waals surface area contributed by atoms with Gasteiger partial charge in [-0.05, 0) is 34.6 Å². The lowest BCUT2D eigenvalue weighted by atomic mass is 9.98. The number of ether oxygens (including phenoxy) is 1. The highest BCUT2D eigenvalue weighted by atomic mass is 16.5. The summed E-state index contributed by atoms with van der Waals surface area (Å²) in [6.07, 6.45) is 2.82. The van der Waals surface area contributed by atoms with E-state index in [1.165, 1.54) is 28.3 Å². The number of aliphatic carboxylic acids is 1. The van der Waals surface area contributed by atoms with E-state index in [1.54, 1.807) is 0 Å². The number of hydrogen-bond donors (Lipinski definition) is 3. The Balaban J connectivity index is 1.39. The van der Waals surface area contributed by atoms with E-state index in [0.717, 1.165) is 6.08 Å². The molecule has 7 nitrogen and oxygen atoms in total. The van der Waals surface area contributed by atoms with Crippen LogP contribution in [0.5, 0.6) is 0 Å². The number of carbonyl (C=O) groups is 3. The van der Waals surface area contributed by atoms with Crippen molar-refractivity contribution in [2.75, 3.05) is 19.7 Å². The molecule has 0 saturated carbocycles. The molecule has 0 spiro atoms. The molecule has 0 heterocycles. The Morgan fingerprint density at radius 1 is 1.03 bits per heavy atom. The number of alkyl carbamates (subject to hydrolysis) is 1. The van der Waals surface area contributed by atoms with E-state index in [0.29, 0.717) is 19.4 Å². The molecule has 1 atom stereocenters. The first-order valence-electron chi connectivity index (χ1n) is 10.7. The number of rotatable bonds is 10. The van der Waals surface area contributed by atoms with Gasteiger partial charge in [-0.15, -0.1) is 0 Å². The maximum Gasteiger partial charge on any atom is 0.407 e. The monoisotopic (exact) mass is 436 g/mol. The van der Waals surface area contributed by atoms with E-state index in [1.807, 2.05) is 31.2 Å². The fourth-order valence-electron chi connectivity index (χ4n) is 3.89. The van der Waals surface area contributed by atoms with E-state index in [-0.39, 0.29) is 30.9 Å². The second kappa shape index (κ2) is 11.1. The van der Waals surface area contributed by atoms with Crippen LogP contribution in [0.2, 0.25) is 0 Å². The number of hydrogen-bond acceptors (Lipinski definition) is 4. The highest BCUT2D eigenvalue weighted by Gasteiger charge is 2.28. The minimum atomic E-state index is -1.05. The highest BCUT2D eigenvalue weighted by Crippen LogP contribution is 2.44. The lowest BCUT2D eigenvalue weighted by molar-refractivity contribution is -0.131. The third-order valence-electron chi connectivity index (χ3n) is 5.46. The molecule has 2 amide bonds. The Hall–Kier alpha value is -3.61. The van der Waals surface area contributed by atoms with E-state index >= 15 is 0 Å². The van der Waals surface area contributed by atoms with Gasteiger partial charge in [0.1, 0.15) is 6.61 Å². The van der Waals surface area contributed by atoms with Gasteiger partial charge in [-0.25, -0.2) is 9.59 Å². The van der Waals surface area contributed by atoms with Crippen molar-refractivity contribution in [3.8, 4) is 11.1 Å². The quantitative estimate of drug-likeness (QED) is 0.493. The summed E-state index contributed by atoms with van der Waals surface area (Å²) in [4.78, 5) is 34.4.